The van der Waals surface area contributed by atoms with Gasteiger partial charge in [-0.3, -0.25) is 0 Å². The molecular formula is C14H10F5S+. The van der Waals surface area contributed by atoms with Crippen LogP contribution in [-0.4, -0.2) is 11.4 Å². The molecular weight excluding hydrogens is 295 g/mol. The van der Waals surface area contributed by atoms with Crippen molar-refractivity contribution in [1.82, 2.24) is 0 Å². The molecule has 0 bridgehead atoms. The lowest BCUT2D eigenvalue weighted by molar-refractivity contribution is -0.239. The van der Waals surface area contributed by atoms with Gasteiger partial charge in [0, 0.05) is 0 Å². The minimum Gasteiger partial charge on any atom is -0.160 e. The van der Waals surface area contributed by atoms with Gasteiger partial charge in [0.05, 0.1) is 0 Å². The Bertz CT molecular complexity index is 511. The van der Waals surface area contributed by atoms with Crippen LogP contribution in [0.3, 0.4) is 0 Å². The molecule has 0 aliphatic carbocycles. The largest absolute Gasteiger partial charge is 0.517 e. The van der Waals surface area contributed by atoms with Gasteiger partial charge in [-0.2, -0.15) is 13.2 Å². The summed E-state index contributed by atoms with van der Waals surface area (Å²) in [5, 5.41) is -4.81. The molecule has 0 N–H and O–H groups in total. The maximum Gasteiger partial charge on any atom is 0.517 e. The molecule has 0 aliphatic rings. The first kappa shape index (κ1) is 14.8. The molecule has 0 radical (unpaired) electrons. The van der Waals surface area contributed by atoms with Gasteiger partial charge in [0.15, 0.2) is 9.79 Å². The predicted molar refractivity (Wildman–Crippen MR) is 67.8 cm³/mol. The molecule has 0 fully saturated rings. The first-order chi connectivity index (χ1) is 9.34. The first-order valence-corrected chi connectivity index (χ1v) is 6.85. The van der Waals surface area contributed by atoms with Crippen molar-refractivity contribution in [3.8, 4) is 0 Å². The fourth-order valence-electron chi connectivity index (χ4n) is 1.66. The lowest BCUT2D eigenvalue weighted by Gasteiger charge is -2.19. The third-order valence-electron chi connectivity index (χ3n) is 2.54. The standard InChI is InChI=1S/C14H10F5S/c15-13(16,17)14(18,19)20(11-7-3-1-4-8-11)12-9-5-2-6-10-12/h1-10H/q+1. The normalized spacial score (nSPS) is 12.7. The van der Waals surface area contributed by atoms with Crippen LogP contribution in [0.1, 0.15) is 0 Å². The molecule has 2 rings (SSSR count). The summed E-state index contributed by atoms with van der Waals surface area (Å²) in [6.07, 6.45) is -5.60. The van der Waals surface area contributed by atoms with E-state index in [1.165, 1.54) is 48.5 Å². The molecule has 6 heteroatoms. The van der Waals surface area contributed by atoms with E-state index < -0.39 is 22.3 Å². The van der Waals surface area contributed by atoms with Crippen LogP contribution in [-0.2, 0) is 10.9 Å². The van der Waals surface area contributed by atoms with E-state index in [0.717, 1.165) is 0 Å². The van der Waals surface area contributed by atoms with Crippen molar-refractivity contribution in [2.45, 2.75) is 21.2 Å². The second kappa shape index (κ2) is 5.44. The van der Waals surface area contributed by atoms with E-state index in [2.05, 4.69) is 0 Å². The minimum atomic E-state index is -5.60. The molecule has 0 amide bonds. The lowest BCUT2D eigenvalue weighted by Crippen LogP contribution is -2.44. The van der Waals surface area contributed by atoms with Crippen molar-refractivity contribution in [2.24, 2.45) is 0 Å². The van der Waals surface area contributed by atoms with Crippen LogP contribution < -0.4 is 0 Å². The Hall–Kier alpha value is -1.56. The van der Waals surface area contributed by atoms with Crippen molar-refractivity contribution < 1.29 is 22.0 Å². The summed E-state index contributed by atoms with van der Waals surface area (Å²) >= 11 is 0. The summed E-state index contributed by atoms with van der Waals surface area (Å²) in [7, 11) is -2.39. The van der Waals surface area contributed by atoms with Crippen LogP contribution in [0.15, 0.2) is 70.5 Å². The number of alkyl halides is 5. The maximum absolute atomic E-state index is 13.9. The van der Waals surface area contributed by atoms with Gasteiger partial charge in [0.1, 0.15) is 10.9 Å². The maximum atomic E-state index is 13.9. The van der Waals surface area contributed by atoms with Crippen molar-refractivity contribution >= 4 is 10.9 Å². The topological polar surface area (TPSA) is 0 Å². The lowest BCUT2D eigenvalue weighted by atomic mass is 10.4. The highest BCUT2D eigenvalue weighted by molar-refractivity contribution is 7.98. The summed E-state index contributed by atoms with van der Waals surface area (Å²) in [6, 6.07) is 14.1. The Morgan fingerprint density at radius 1 is 0.600 bits per heavy atom. The number of rotatable bonds is 3. The van der Waals surface area contributed by atoms with Crippen molar-refractivity contribution in [3.05, 3.63) is 60.7 Å². The average Bonchev–Trinajstić information content (AvgIpc) is 2.40. The van der Waals surface area contributed by atoms with Crippen molar-refractivity contribution in [1.29, 1.82) is 0 Å². The minimum absolute atomic E-state index is 0.0407. The fourth-order valence-corrected chi connectivity index (χ4v) is 3.62. The molecule has 0 spiro atoms. The molecule has 106 valence electrons. The highest BCUT2D eigenvalue weighted by Crippen LogP contribution is 2.47. The molecule has 0 saturated heterocycles. The number of hydrogen-bond acceptors (Lipinski definition) is 0. The molecule has 20 heavy (non-hydrogen) atoms. The van der Waals surface area contributed by atoms with E-state index in [0.29, 0.717) is 0 Å². The molecule has 2 aromatic carbocycles. The Kier molecular flexibility index (Phi) is 4.04. The van der Waals surface area contributed by atoms with Crippen molar-refractivity contribution in [2.75, 3.05) is 0 Å². The molecule has 0 saturated carbocycles. The van der Waals surface area contributed by atoms with Crippen LogP contribution >= 0.6 is 0 Å². The molecule has 0 unspecified atom stereocenters. The van der Waals surface area contributed by atoms with E-state index in [1.54, 1.807) is 12.1 Å². The molecule has 0 aliphatic heterocycles. The molecule has 0 aromatic heterocycles. The van der Waals surface area contributed by atoms with Gasteiger partial charge < -0.3 is 0 Å². The van der Waals surface area contributed by atoms with Crippen LogP contribution in [0.25, 0.3) is 0 Å². The highest BCUT2D eigenvalue weighted by atomic mass is 32.2. The monoisotopic (exact) mass is 305 g/mol. The van der Waals surface area contributed by atoms with E-state index in [-0.39, 0.29) is 9.79 Å². The number of benzene rings is 2. The van der Waals surface area contributed by atoms with E-state index in [1.807, 2.05) is 0 Å². The SMILES string of the molecule is FC(F)(F)C(F)(F)[S+](c1ccccc1)c1ccccc1. The summed E-state index contributed by atoms with van der Waals surface area (Å²) in [6.45, 7) is 0. The van der Waals surface area contributed by atoms with Crippen LogP contribution in [0.2, 0.25) is 0 Å². The van der Waals surface area contributed by atoms with Crippen molar-refractivity contribution in [3.63, 3.8) is 0 Å². The molecule has 0 atom stereocenters. The van der Waals surface area contributed by atoms with Gasteiger partial charge in [-0.25, -0.2) is 0 Å². The first-order valence-electron chi connectivity index (χ1n) is 5.63. The Labute approximate surface area is 115 Å². The van der Waals surface area contributed by atoms with Gasteiger partial charge in [0.25, 0.3) is 0 Å². The predicted octanol–water partition coefficient (Wildman–Crippen LogP) is 4.88. The number of halogens is 5. The zero-order valence-electron chi connectivity index (χ0n) is 10.1. The van der Waals surface area contributed by atoms with Gasteiger partial charge >= 0.3 is 11.4 Å². The van der Waals surface area contributed by atoms with Gasteiger partial charge in [0.2, 0.25) is 0 Å². The fraction of sp³-hybridized carbons (Fsp3) is 0.143. The number of hydrogen-bond donors (Lipinski definition) is 0. The van der Waals surface area contributed by atoms with E-state index in [9.17, 15) is 22.0 Å². The van der Waals surface area contributed by atoms with E-state index in [4.69, 9.17) is 0 Å². The third-order valence-corrected chi connectivity index (χ3v) is 4.78. The second-order valence-corrected chi connectivity index (χ2v) is 6.01. The summed E-state index contributed by atoms with van der Waals surface area (Å²) in [4.78, 5) is -0.0814. The van der Waals surface area contributed by atoms with Gasteiger partial charge in [-0.15, -0.1) is 8.78 Å². The highest BCUT2D eigenvalue weighted by Gasteiger charge is 2.72. The summed E-state index contributed by atoms with van der Waals surface area (Å²) in [5.41, 5.74) is 0. The van der Waals surface area contributed by atoms with Crippen LogP contribution in [0, 0.1) is 0 Å². The zero-order valence-corrected chi connectivity index (χ0v) is 10.9. The third kappa shape index (κ3) is 2.80. The zero-order chi connectivity index (χ0) is 14.8. The quantitative estimate of drug-likeness (QED) is 0.560. The smallest absolute Gasteiger partial charge is 0.160 e. The Morgan fingerprint density at radius 2 is 0.950 bits per heavy atom. The summed E-state index contributed by atoms with van der Waals surface area (Å²) in [5.74, 6) is 0. The second-order valence-electron chi connectivity index (χ2n) is 3.95. The van der Waals surface area contributed by atoms with Gasteiger partial charge in [-0.1, -0.05) is 36.4 Å². The Balaban J connectivity index is 2.57. The Morgan fingerprint density at radius 3 is 1.25 bits per heavy atom. The molecule has 2 aromatic rings. The van der Waals surface area contributed by atoms with Gasteiger partial charge in [-0.05, 0) is 24.3 Å². The average molecular weight is 305 g/mol. The summed E-state index contributed by atoms with van der Waals surface area (Å²) < 4.78 is 65.8. The van der Waals surface area contributed by atoms with Crippen LogP contribution in [0.5, 0.6) is 0 Å². The molecule has 0 nitrogen and oxygen atoms in total. The van der Waals surface area contributed by atoms with Crippen LogP contribution in [0.4, 0.5) is 22.0 Å². The molecule has 0 heterocycles. The van der Waals surface area contributed by atoms with E-state index >= 15 is 0 Å².